The molecule has 1 saturated carbocycles. The maximum Gasteiger partial charge on any atom is 0.329 e. The van der Waals surface area contributed by atoms with Gasteiger partial charge in [0.05, 0.1) is 26.7 Å². The Bertz CT molecular complexity index is 843. The summed E-state index contributed by atoms with van der Waals surface area (Å²) in [6.45, 7) is 1.14. The van der Waals surface area contributed by atoms with Crippen LogP contribution in [0.2, 0.25) is 0 Å². The lowest BCUT2D eigenvalue weighted by Crippen LogP contribution is -2.43. The highest BCUT2D eigenvalue weighted by atomic mass is 32.2. The van der Waals surface area contributed by atoms with Crippen LogP contribution < -0.4 is 10.1 Å². The number of ether oxygens (including phenoxy) is 2. The second-order valence-corrected chi connectivity index (χ2v) is 8.52. The molecule has 0 aromatic heterocycles. The third-order valence-electron chi connectivity index (χ3n) is 4.72. The van der Waals surface area contributed by atoms with Gasteiger partial charge in [0.2, 0.25) is 15.9 Å². The summed E-state index contributed by atoms with van der Waals surface area (Å²) in [5.74, 6) is -1.33. The number of morpholine rings is 1. The highest BCUT2D eigenvalue weighted by molar-refractivity contribution is 7.89. The molecule has 0 radical (unpaired) electrons. The second kappa shape index (κ2) is 7.45. The van der Waals surface area contributed by atoms with Crippen LogP contribution in [0, 0.1) is 0 Å². The minimum absolute atomic E-state index is 0.0171. The number of rotatable bonds is 7. The van der Waals surface area contributed by atoms with Crippen LogP contribution in [0.25, 0.3) is 0 Å². The Hall–Kier alpha value is -2.17. The average molecular weight is 398 g/mol. The fourth-order valence-corrected chi connectivity index (χ4v) is 4.59. The molecule has 148 valence electrons. The zero-order valence-corrected chi connectivity index (χ0v) is 15.8. The molecule has 1 aliphatic heterocycles. The second-order valence-electron chi connectivity index (χ2n) is 6.61. The zero-order valence-electron chi connectivity index (χ0n) is 14.9. The number of aliphatic carboxylic acids is 1. The Morgan fingerprint density at radius 2 is 1.96 bits per heavy atom. The first-order chi connectivity index (χ1) is 12.8. The summed E-state index contributed by atoms with van der Waals surface area (Å²) >= 11 is 0. The number of amides is 1. The van der Waals surface area contributed by atoms with E-state index in [-0.39, 0.29) is 30.2 Å². The monoisotopic (exact) mass is 398 g/mol. The highest BCUT2D eigenvalue weighted by Gasteiger charge is 2.51. The van der Waals surface area contributed by atoms with Crippen LogP contribution in [0.1, 0.15) is 18.4 Å². The van der Waals surface area contributed by atoms with E-state index in [0.717, 1.165) is 0 Å². The largest absolute Gasteiger partial charge is 0.495 e. The molecule has 1 aliphatic carbocycles. The molecular weight excluding hydrogens is 376 g/mol. The molecule has 3 rings (SSSR count). The predicted molar refractivity (Wildman–Crippen MR) is 94.0 cm³/mol. The number of carbonyl (C=O) groups is 2. The number of carboxylic acids is 1. The van der Waals surface area contributed by atoms with Crippen molar-refractivity contribution in [2.45, 2.75) is 29.7 Å². The molecule has 0 atom stereocenters. The topological polar surface area (TPSA) is 122 Å². The number of carboxylic acid groups (broad SMARTS) is 1. The molecule has 1 amide bonds. The molecule has 2 N–H and O–H groups in total. The maximum atomic E-state index is 12.9. The number of carbonyl (C=O) groups excluding carboxylic acids is 1. The smallest absolute Gasteiger partial charge is 0.329 e. The highest BCUT2D eigenvalue weighted by Crippen LogP contribution is 2.35. The number of benzene rings is 1. The van der Waals surface area contributed by atoms with Gasteiger partial charge < -0.3 is 19.9 Å². The van der Waals surface area contributed by atoms with Crippen molar-refractivity contribution in [3.05, 3.63) is 23.8 Å². The van der Waals surface area contributed by atoms with Crippen molar-refractivity contribution in [3.8, 4) is 5.75 Å². The number of hydrogen-bond donors (Lipinski definition) is 2. The first-order valence-corrected chi connectivity index (χ1v) is 10.0. The van der Waals surface area contributed by atoms with Crippen LogP contribution in [-0.2, 0) is 30.8 Å². The molecule has 10 heteroatoms. The molecule has 27 heavy (non-hydrogen) atoms. The average Bonchev–Trinajstić information content (AvgIpc) is 3.43. The van der Waals surface area contributed by atoms with Gasteiger partial charge in [-0.1, -0.05) is 6.07 Å². The van der Waals surface area contributed by atoms with Crippen LogP contribution >= 0.6 is 0 Å². The fraction of sp³-hybridized carbons (Fsp3) is 0.529. The minimum atomic E-state index is -3.80. The molecule has 2 fully saturated rings. The van der Waals surface area contributed by atoms with Crippen LogP contribution in [0.15, 0.2) is 23.1 Å². The minimum Gasteiger partial charge on any atom is -0.495 e. The van der Waals surface area contributed by atoms with E-state index in [2.05, 4.69) is 5.32 Å². The molecule has 9 nitrogen and oxygen atoms in total. The van der Waals surface area contributed by atoms with Crippen LogP contribution in [0.3, 0.4) is 0 Å². The van der Waals surface area contributed by atoms with Crippen molar-refractivity contribution in [3.63, 3.8) is 0 Å². The van der Waals surface area contributed by atoms with Gasteiger partial charge in [-0.05, 0) is 30.5 Å². The van der Waals surface area contributed by atoms with E-state index in [1.54, 1.807) is 6.07 Å². The first kappa shape index (κ1) is 19.6. The first-order valence-electron chi connectivity index (χ1n) is 8.58. The van der Waals surface area contributed by atoms with E-state index >= 15 is 0 Å². The Kier molecular flexibility index (Phi) is 5.41. The van der Waals surface area contributed by atoms with Gasteiger partial charge >= 0.3 is 5.97 Å². The van der Waals surface area contributed by atoms with Crippen LogP contribution in [-0.4, -0.2) is 68.7 Å². The zero-order chi connectivity index (χ0) is 19.7. The maximum absolute atomic E-state index is 12.9. The summed E-state index contributed by atoms with van der Waals surface area (Å²) in [4.78, 5) is 23.4. The number of hydrogen-bond acceptors (Lipinski definition) is 6. The lowest BCUT2D eigenvalue weighted by molar-refractivity contribution is -0.143. The fourth-order valence-electron chi connectivity index (χ4n) is 2.97. The van der Waals surface area contributed by atoms with Crippen molar-refractivity contribution in [1.82, 2.24) is 9.62 Å². The Balaban J connectivity index is 1.81. The predicted octanol–water partition coefficient (Wildman–Crippen LogP) is -0.00800. The normalized spacial score (nSPS) is 19.3. The van der Waals surface area contributed by atoms with Gasteiger partial charge in [0.15, 0.2) is 0 Å². The molecule has 0 bridgehead atoms. The van der Waals surface area contributed by atoms with Gasteiger partial charge in [-0.2, -0.15) is 4.31 Å². The molecule has 0 spiro atoms. The summed E-state index contributed by atoms with van der Waals surface area (Å²) in [6, 6.07) is 4.50. The Labute approximate surface area is 157 Å². The van der Waals surface area contributed by atoms with Gasteiger partial charge in [0, 0.05) is 13.1 Å². The molecule has 2 aliphatic rings. The van der Waals surface area contributed by atoms with Crippen molar-refractivity contribution in [2.75, 3.05) is 33.4 Å². The van der Waals surface area contributed by atoms with E-state index in [4.69, 9.17) is 14.6 Å². The molecule has 1 heterocycles. The Morgan fingerprint density at radius 3 is 2.52 bits per heavy atom. The van der Waals surface area contributed by atoms with Crippen molar-refractivity contribution >= 4 is 21.9 Å². The number of nitrogens with zero attached hydrogens (tertiary/aromatic N) is 1. The van der Waals surface area contributed by atoms with Crippen molar-refractivity contribution in [2.24, 2.45) is 0 Å². The third-order valence-corrected chi connectivity index (χ3v) is 6.64. The summed E-state index contributed by atoms with van der Waals surface area (Å²) in [6.07, 6.45) is 0.672. The molecule has 1 aromatic rings. The van der Waals surface area contributed by atoms with Gasteiger partial charge in [-0.15, -0.1) is 0 Å². The van der Waals surface area contributed by atoms with E-state index in [9.17, 15) is 18.0 Å². The van der Waals surface area contributed by atoms with E-state index in [1.165, 1.54) is 23.5 Å². The molecular formula is C17H22N2O7S. The van der Waals surface area contributed by atoms with Crippen molar-refractivity contribution < 1.29 is 32.6 Å². The van der Waals surface area contributed by atoms with E-state index < -0.39 is 27.4 Å². The lowest BCUT2D eigenvalue weighted by atomic mass is 10.1. The molecule has 1 saturated heterocycles. The van der Waals surface area contributed by atoms with Gasteiger partial charge in [-0.25, -0.2) is 13.2 Å². The quantitative estimate of drug-likeness (QED) is 0.662. The third kappa shape index (κ3) is 4.07. The summed E-state index contributed by atoms with van der Waals surface area (Å²) < 4.78 is 37.6. The number of sulfonamides is 1. The van der Waals surface area contributed by atoms with Gasteiger partial charge in [0.25, 0.3) is 0 Å². The summed E-state index contributed by atoms with van der Waals surface area (Å²) in [5.41, 5.74) is -0.715. The van der Waals surface area contributed by atoms with E-state index in [0.29, 0.717) is 31.6 Å². The number of methoxy groups -OCH3 is 1. The lowest BCUT2D eigenvalue weighted by Gasteiger charge is -2.26. The molecule has 1 aromatic carbocycles. The van der Waals surface area contributed by atoms with Crippen molar-refractivity contribution in [1.29, 1.82) is 0 Å². The summed E-state index contributed by atoms with van der Waals surface area (Å²) in [5, 5.41) is 11.7. The van der Waals surface area contributed by atoms with Crippen LogP contribution in [0.4, 0.5) is 0 Å². The SMILES string of the molecule is COc1ccc(CC(=O)NC2(C(=O)O)CC2)cc1S(=O)(=O)N1CCOCC1. The molecule has 0 unspecified atom stereocenters. The van der Waals surface area contributed by atoms with Crippen LogP contribution in [0.5, 0.6) is 5.75 Å². The number of nitrogens with one attached hydrogen (secondary N) is 1. The van der Waals surface area contributed by atoms with E-state index in [1.807, 2.05) is 0 Å². The Morgan fingerprint density at radius 1 is 1.30 bits per heavy atom. The van der Waals surface area contributed by atoms with Gasteiger partial charge in [0.1, 0.15) is 16.2 Å². The summed E-state index contributed by atoms with van der Waals surface area (Å²) in [7, 11) is -2.42. The standard InChI is InChI=1S/C17H22N2O7S/c1-25-13-3-2-12(11-15(20)18-17(4-5-17)16(21)22)10-14(13)27(23,24)19-6-8-26-9-7-19/h2-3,10H,4-9,11H2,1H3,(H,18,20)(H,21,22). The van der Waals surface area contributed by atoms with Gasteiger partial charge in [-0.3, -0.25) is 4.79 Å².